The average Bonchev–Trinajstić information content (AvgIpc) is 2.90. The molecule has 0 aliphatic carbocycles. The maximum absolute atomic E-state index is 12.0. The summed E-state index contributed by atoms with van der Waals surface area (Å²) in [6.45, 7) is 3.03. The smallest absolute Gasteiger partial charge is 0.339 e. The molecule has 1 aliphatic heterocycles. The third-order valence-electron chi connectivity index (χ3n) is 3.26. The highest BCUT2D eigenvalue weighted by Gasteiger charge is 2.26. The number of nitrogens with zero attached hydrogens (tertiary/aromatic N) is 1. The van der Waals surface area contributed by atoms with Crippen LogP contribution in [-0.4, -0.2) is 36.0 Å². The zero-order valence-corrected chi connectivity index (χ0v) is 11.5. The van der Waals surface area contributed by atoms with Gasteiger partial charge in [-0.2, -0.15) is 0 Å². The summed E-state index contributed by atoms with van der Waals surface area (Å²) in [7, 11) is 0. The summed E-state index contributed by atoms with van der Waals surface area (Å²) in [5.41, 5.74) is 12.3. The first-order valence-electron chi connectivity index (χ1n) is 6.63. The number of esters is 1. The zero-order valence-electron chi connectivity index (χ0n) is 11.5. The molecule has 0 aromatic heterocycles. The first kappa shape index (κ1) is 14.2. The topological polar surface area (TPSA) is 98.6 Å². The van der Waals surface area contributed by atoms with Crippen molar-refractivity contribution in [1.82, 2.24) is 4.90 Å². The summed E-state index contributed by atoms with van der Waals surface area (Å²) in [5.74, 6) is -0.753. The van der Waals surface area contributed by atoms with Gasteiger partial charge >= 0.3 is 5.97 Å². The number of ether oxygens (including phenoxy) is 1. The fourth-order valence-electron chi connectivity index (χ4n) is 2.27. The van der Waals surface area contributed by atoms with E-state index in [0.29, 0.717) is 11.4 Å². The molecule has 1 aliphatic rings. The van der Waals surface area contributed by atoms with Crippen LogP contribution in [0.1, 0.15) is 30.1 Å². The Balaban J connectivity index is 2.01. The number of nitrogen functional groups attached to an aromatic ring is 2. The van der Waals surface area contributed by atoms with Crippen LogP contribution in [0.5, 0.6) is 0 Å². The number of carbonyl (C=O) groups excluding carboxylic acids is 2. The molecule has 1 fully saturated rings. The van der Waals surface area contributed by atoms with E-state index in [9.17, 15) is 9.59 Å². The van der Waals surface area contributed by atoms with Crippen LogP contribution in [0.3, 0.4) is 0 Å². The number of amides is 1. The summed E-state index contributed by atoms with van der Waals surface area (Å²) in [6.07, 6.45) is 1.19. The Morgan fingerprint density at radius 1 is 1.15 bits per heavy atom. The zero-order chi connectivity index (χ0) is 14.7. The summed E-state index contributed by atoms with van der Waals surface area (Å²) in [4.78, 5) is 25.7. The Morgan fingerprint density at radius 3 is 2.25 bits per heavy atom. The van der Waals surface area contributed by atoms with Gasteiger partial charge in [0.1, 0.15) is 0 Å². The van der Waals surface area contributed by atoms with E-state index >= 15 is 0 Å². The van der Waals surface area contributed by atoms with Crippen LogP contribution in [0.2, 0.25) is 0 Å². The molecule has 0 radical (unpaired) electrons. The molecule has 108 valence electrons. The van der Waals surface area contributed by atoms with E-state index in [1.165, 1.54) is 12.1 Å². The number of benzene rings is 1. The molecule has 6 nitrogen and oxygen atoms in total. The Labute approximate surface area is 117 Å². The van der Waals surface area contributed by atoms with Crippen LogP contribution in [0, 0.1) is 0 Å². The van der Waals surface area contributed by atoms with Crippen molar-refractivity contribution in [2.75, 3.05) is 24.6 Å². The highest BCUT2D eigenvalue weighted by Crippen LogP contribution is 2.16. The Morgan fingerprint density at radius 2 is 1.70 bits per heavy atom. The molecule has 1 saturated heterocycles. The fourth-order valence-corrected chi connectivity index (χ4v) is 2.27. The lowest BCUT2D eigenvalue weighted by atomic mass is 10.2. The molecule has 20 heavy (non-hydrogen) atoms. The summed E-state index contributed by atoms with van der Waals surface area (Å²) in [5, 5.41) is 0. The van der Waals surface area contributed by atoms with Crippen molar-refractivity contribution in [3.05, 3.63) is 23.8 Å². The van der Waals surface area contributed by atoms with Crippen LogP contribution >= 0.6 is 0 Å². The monoisotopic (exact) mass is 277 g/mol. The molecule has 1 atom stereocenters. The molecule has 0 saturated carbocycles. The van der Waals surface area contributed by atoms with Gasteiger partial charge in [0.05, 0.1) is 5.56 Å². The molecular weight excluding hydrogens is 258 g/mol. The van der Waals surface area contributed by atoms with Gasteiger partial charge in [0.15, 0.2) is 6.10 Å². The van der Waals surface area contributed by atoms with Gasteiger partial charge in [0.2, 0.25) is 0 Å². The van der Waals surface area contributed by atoms with E-state index in [4.69, 9.17) is 16.2 Å². The van der Waals surface area contributed by atoms with Crippen LogP contribution in [0.15, 0.2) is 18.2 Å². The molecular formula is C14H19N3O3. The van der Waals surface area contributed by atoms with Crippen LogP contribution in [0.4, 0.5) is 11.4 Å². The van der Waals surface area contributed by atoms with Crippen molar-refractivity contribution in [1.29, 1.82) is 0 Å². The predicted molar refractivity (Wildman–Crippen MR) is 76.0 cm³/mol. The standard InChI is InChI=1S/C14H19N3O3/c1-9(13(18)17-4-2-3-5-17)20-14(19)10-6-11(15)8-12(16)7-10/h6-9H,2-5,15-16H2,1H3. The van der Waals surface area contributed by atoms with E-state index in [2.05, 4.69) is 0 Å². The summed E-state index contributed by atoms with van der Waals surface area (Å²) < 4.78 is 5.18. The van der Waals surface area contributed by atoms with Crippen LogP contribution in [-0.2, 0) is 9.53 Å². The van der Waals surface area contributed by atoms with Gasteiger partial charge < -0.3 is 21.1 Å². The molecule has 1 heterocycles. The lowest BCUT2D eigenvalue weighted by Crippen LogP contribution is -2.38. The normalized spacial score (nSPS) is 15.9. The Hall–Kier alpha value is -2.24. The Kier molecular flexibility index (Phi) is 4.12. The van der Waals surface area contributed by atoms with Crippen molar-refractivity contribution < 1.29 is 14.3 Å². The van der Waals surface area contributed by atoms with Crippen LogP contribution < -0.4 is 11.5 Å². The quantitative estimate of drug-likeness (QED) is 0.635. The minimum atomic E-state index is -0.803. The fraction of sp³-hybridized carbons (Fsp3) is 0.429. The molecule has 2 rings (SSSR count). The molecule has 0 bridgehead atoms. The molecule has 0 spiro atoms. The molecule has 1 aromatic rings. The number of carbonyl (C=O) groups is 2. The van der Waals surface area contributed by atoms with Crippen molar-refractivity contribution in [3.8, 4) is 0 Å². The minimum Gasteiger partial charge on any atom is -0.449 e. The lowest BCUT2D eigenvalue weighted by molar-refractivity contribution is -0.138. The second-order valence-corrected chi connectivity index (χ2v) is 4.97. The van der Waals surface area contributed by atoms with E-state index < -0.39 is 12.1 Å². The molecule has 1 unspecified atom stereocenters. The summed E-state index contributed by atoms with van der Waals surface area (Å²) >= 11 is 0. The maximum Gasteiger partial charge on any atom is 0.339 e. The first-order chi connectivity index (χ1) is 9.47. The van der Waals surface area contributed by atoms with Gasteiger partial charge in [-0.15, -0.1) is 0 Å². The number of likely N-dealkylation sites (tertiary alicyclic amines) is 1. The van der Waals surface area contributed by atoms with Crippen molar-refractivity contribution in [3.63, 3.8) is 0 Å². The predicted octanol–water partition coefficient (Wildman–Crippen LogP) is 1.02. The second kappa shape index (κ2) is 5.81. The van der Waals surface area contributed by atoms with E-state index in [1.54, 1.807) is 17.9 Å². The van der Waals surface area contributed by atoms with Gasteiger partial charge in [-0.05, 0) is 38.0 Å². The van der Waals surface area contributed by atoms with Gasteiger partial charge in [-0.1, -0.05) is 0 Å². The number of nitrogens with two attached hydrogens (primary N) is 2. The number of anilines is 2. The van der Waals surface area contributed by atoms with Gasteiger partial charge in [0.25, 0.3) is 5.91 Å². The molecule has 1 aromatic carbocycles. The molecule has 1 amide bonds. The summed E-state index contributed by atoms with van der Waals surface area (Å²) in [6, 6.07) is 4.51. The van der Waals surface area contributed by atoms with Gasteiger partial charge in [-0.3, -0.25) is 4.79 Å². The molecule has 4 N–H and O–H groups in total. The lowest BCUT2D eigenvalue weighted by Gasteiger charge is -2.20. The van der Waals surface area contributed by atoms with Gasteiger partial charge in [-0.25, -0.2) is 4.79 Å². The van der Waals surface area contributed by atoms with Crippen LogP contribution in [0.25, 0.3) is 0 Å². The third kappa shape index (κ3) is 3.20. The van der Waals surface area contributed by atoms with E-state index in [1.807, 2.05) is 0 Å². The highest BCUT2D eigenvalue weighted by molar-refractivity contribution is 5.94. The van der Waals surface area contributed by atoms with Crippen molar-refractivity contribution in [2.45, 2.75) is 25.9 Å². The number of hydrogen-bond acceptors (Lipinski definition) is 5. The van der Waals surface area contributed by atoms with Gasteiger partial charge in [0, 0.05) is 24.5 Å². The highest BCUT2D eigenvalue weighted by atomic mass is 16.5. The average molecular weight is 277 g/mol. The van der Waals surface area contributed by atoms with E-state index in [-0.39, 0.29) is 11.5 Å². The number of hydrogen-bond donors (Lipinski definition) is 2. The second-order valence-electron chi connectivity index (χ2n) is 4.97. The SMILES string of the molecule is CC(OC(=O)c1cc(N)cc(N)c1)C(=O)N1CCCC1. The third-order valence-corrected chi connectivity index (χ3v) is 3.26. The number of rotatable bonds is 3. The largest absolute Gasteiger partial charge is 0.449 e. The van der Waals surface area contributed by atoms with Crippen molar-refractivity contribution >= 4 is 23.3 Å². The van der Waals surface area contributed by atoms with E-state index in [0.717, 1.165) is 25.9 Å². The molecule has 6 heteroatoms. The van der Waals surface area contributed by atoms with Crippen molar-refractivity contribution in [2.24, 2.45) is 0 Å². The minimum absolute atomic E-state index is 0.160. The maximum atomic E-state index is 12.0. The Bertz CT molecular complexity index is 504. The first-order valence-corrected chi connectivity index (χ1v) is 6.63.